The van der Waals surface area contributed by atoms with Crippen LogP contribution in [0.5, 0.6) is 0 Å². The molecule has 0 aliphatic carbocycles. The fraction of sp³-hybridized carbons (Fsp3) is 0.429. The minimum absolute atomic E-state index is 0.595. The van der Waals surface area contributed by atoms with Crippen molar-refractivity contribution in [1.82, 2.24) is 9.88 Å². The quantitative estimate of drug-likeness (QED) is 0.566. The molecule has 0 radical (unpaired) electrons. The molecule has 0 amide bonds. The summed E-state index contributed by atoms with van der Waals surface area (Å²) in [6.45, 7) is 9.81. The van der Waals surface area contributed by atoms with Crippen LogP contribution in [0.15, 0.2) is 53.8 Å². The van der Waals surface area contributed by atoms with Gasteiger partial charge in [0.2, 0.25) is 0 Å². The third kappa shape index (κ3) is 4.82. The predicted molar refractivity (Wildman–Crippen MR) is 107 cm³/mol. The maximum Gasteiger partial charge on any atom is 0.128 e. The summed E-state index contributed by atoms with van der Waals surface area (Å²) < 4.78 is 0. The van der Waals surface area contributed by atoms with Crippen LogP contribution in [0.3, 0.4) is 0 Å². The molecule has 138 valence electrons. The number of pyridine rings is 1. The number of anilines is 1. The summed E-state index contributed by atoms with van der Waals surface area (Å²) in [6, 6.07) is 14.5. The molecule has 0 bridgehead atoms. The lowest BCUT2D eigenvalue weighted by atomic mass is 10.0. The highest BCUT2D eigenvalue weighted by atomic mass is 16.6. The smallest absolute Gasteiger partial charge is 0.128 e. The van der Waals surface area contributed by atoms with Crippen LogP contribution in [0.2, 0.25) is 0 Å². The van der Waals surface area contributed by atoms with Gasteiger partial charge in [-0.25, -0.2) is 4.98 Å². The van der Waals surface area contributed by atoms with Crippen LogP contribution in [0.1, 0.15) is 24.5 Å². The van der Waals surface area contributed by atoms with Gasteiger partial charge >= 0.3 is 0 Å². The van der Waals surface area contributed by atoms with Gasteiger partial charge in [0.05, 0.1) is 5.71 Å². The van der Waals surface area contributed by atoms with Gasteiger partial charge in [-0.05, 0) is 31.5 Å². The Balaban J connectivity index is 1.56. The average molecular weight is 352 g/mol. The topological polar surface area (TPSA) is 41.0 Å². The molecular weight excluding hydrogens is 324 g/mol. The molecule has 1 aliphatic rings. The van der Waals surface area contributed by atoms with Crippen LogP contribution >= 0.6 is 0 Å². The number of rotatable bonds is 7. The van der Waals surface area contributed by atoms with Crippen molar-refractivity contribution in [2.45, 2.75) is 20.3 Å². The first-order valence-electron chi connectivity index (χ1n) is 9.41. The van der Waals surface area contributed by atoms with E-state index in [2.05, 4.69) is 57.2 Å². The number of hydrogen-bond donors (Lipinski definition) is 0. The minimum atomic E-state index is 0.595. The van der Waals surface area contributed by atoms with Crippen molar-refractivity contribution in [3.63, 3.8) is 0 Å². The van der Waals surface area contributed by atoms with Gasteiger partial charge in [0.25, 0.3) is 0 Å². The van der Waals surface area contributed by atoms with Crippen LogP contribution in [-0.4, -0.2) is 54.9 Å². The number of aryl methyl sites for hydroxylation is 1. The van der Waals surface area contributed by atoms with E-state index < -0.39 is 0 Å². The third-order valence-corrected chi connectivity index (χ3v) is 4.77. The first-order valence-corrected chi connectivity index (χ1v) is 9.41. The summed E-state index contributed by atoms with van der Waals surface area (Å²) in [5.41, 5.74) is 3.47. The zero-order valence-corrected chi connectivity index (χ0v) is 15.8. The Morgan fingerprint density at radius 1 is 1.08 bits per heavy atom. The van der Waals surface area contributed by atoms with Gasteiger partial charge in [0.1, 0.15) is 12.4 Å². The Bertz CT molecular complexity index is 709. The second-order valence-electron chi connectivity index (χ2n) is 6.54. The molecule has 26 heavy (non-hydrogen) atoms. The molecule has 2 heterocycles. The molecule has 1 aromatic heterocycles. The zero-order valence-electron chi connectivity index (χ0n) is 15.8. The second-order valence-corrected chi connectivity index (χ2v) is 6.54. The van der Waals surface area contributed by atoms with E-state index in [9.17, 15) is 0 Å². The Kier molecular flexibility index (Phi) is 6.61. The minimum Gasteiger partial charge on any atom is -0.396 e. The van der Waals surface area contributed by atoms with Crippen molar-refractivity contribution in [3.8, 4) is 0 Å². The highest BCUT2D eigenvalue weighted by molar-refractivity contribution is 6.01. The monoisotopic (exact) mass is 352 g/mol. The van der Waals surface area contributed by atoms with Gasteiger partial charge in [0, 0.05) is 50.9 Å². The SMILES string of the molecule is CCO/N=C(/CCN1CCN(c2ccccn2)CC1)c1ccccc1C. The van der Waals surface area contributed by atoms with E-state index in [1.165, 1.54) is 11.1 Å². The molecule has 3 rings (SSSR count). The van der Waals surface area contributed by atoms with E-state index in [-0.39, 0.29) is 0 Å². The lowest BCUT2D eigenvalue weighted by molar-refractivity contribution is 0.157. The molecule has 1 saturated heterocycles. The molecule has 5 heteroatoms. The van der Waals surface area contributed by atoms with Gasteiger partial charge in [0.15, 0.2) is 0 Å². The highest BCUT2D eigenvalue weighted by Gasteiger charge is 2.18. The molecule has 0 unspecified atom stereocenters. The Morgan fingerprint density at radius 2 is 1.85 bits per heavy atom. The van der Waals surface area contributed by atoms with Crippen LogP contribution in [0.4, 0.5) is 5.82 Å². The van der Waals surface area contributed by atoms with Crippen LogP contribution in [0, 0.1) is 6.92 Å². The number of nitrogens with zero attached hydrogens (tertiary/aromatic N) is 4. The van der Waals surface area contributed by atoms with Crippen molar-refractivity contribution in [2.24, 2.45) is 5.16 Å². The van der Waals surface area contributed by atoms with E-state index in [0.717, 1.165) is 50.7 Å². The van der Waals surface area contributed by atoms with Gasteiger partial charge in [-0.3, -0.25) is 4.90 Å². The Hall–Kier alpha value is -2.40. The van der Waals surface area contributed by atoms with Crippen molar-refractivity contribution in [2.75, 3.05) is 44.2 Å². The Labute approximate surface area is 156 Å². The first kappa shape index (κ1) is 18.4. The summed E-state index contributed by atoms with van der Waals surface area (Å²) in [5, 5.41) is 4.39. The number of aromatic nitrogens is 1. The molecular formula is C21H28N4O. The van der Waals surface area contributed by atoms with Crippen LogP contribution < -0.4 is 4.90 Å². The maximum absolute atomic E-state index is 5.37. The van der Waals surface area contributed by atoms with E-state index in [4.69, 9.17) is 4.84 Å². The fourth-order valence-electron chi connectivity index (χ4n) is 3.27. The Morgan fingerprint density at radius 3 is 2.54 bits per heavy atom. The number of benzene rings is 1. The zero-order chi connectivity index (χ0) is 18.2. The number of piperazine rings is 1. The number of oxime groups is 1. The maximum atomic E-state index is 5.37. The third-order valence-electron chi connectivity index (χ3n) is 4.77. The molecule has 5 nitrogen and oxygen atoms in total. The first-order chi connectivity index (χ1) is 12.8. The van der Waals surface area contributed by atoms with Crippen molar-refractivity contribution >= 4 is 11.5 Å². The molecule has 1 aromatic carbocycles. The van der Waals surface area contributed by atoms with Gasteiger partial charge < -0.3 is 9.74 Å². The lowest BCUT2D eigenvalue weighted by Crippen LogP contribution is -2.47. The molecule has 0 atom stereocenters. The van der Waals surface area contributed by atoms with Crippen LogP contribution in [0.25, 0.3) is 0 Å². The van der Waals surface area contributed by atoms with Gasteiger partial charge in [-0.1, -0.05) is 35.5 Å². The van der Waals surface area contributed by atoms with E-state index in [0.29, 0.717) is 6.61 Å². The lowest BCUT2D eigenvalue weighted by Gasteiger charge is -2.35. The fourth-order valence-corrected chi connectivity index (χ4v) is 3.27. The standard InChI is InChI=1S/C21H28N4O/c1-3-26-23-20(19-9-5-4-8-18(19)2)11-13-24-14-16-25(17-15-24)21-10-6-7-12-22-21/h4-10,12H,3,11,13-17H2,1-2H3/b23-20-. The second kappa shape index (κ2) is 9.34. The molecule has 0 spiro atoms. The summed E-state index contributed by atoms with van der Waals surface area (Å²) in [4.78, 5) is 14.7. The van der Waals surface area contributed by atoms with E-state index in [1.54, 1.807) is 0 Å². The van der Waals surface area contributed by atoms with Gasteiger partial charge in [-0.2, -0.15) is 0 Å². The molecule has 1 aliphatic heterocycles. The van der Waals surface area contributed by atoms with Crippen molar-refractivity contribution in [1.29, 1.82) is 0 Å². The normalized spacial score (nSPS) is 15.9. The molecule has 1 fully saturated rings. The summed E-state index contributed by atoms with van der Waals surface area (Å²) in [7, 11) is 0. The highest BCUT2D eigenvalue weighted by Crippen LogP contribution is 2.15. The van der Waals surface area contributed by atoms with Crippen LogP contribution in [-0.2, 0) is 4.84 Å². The largest absolute Gasteiger partial charge is 0.396 e. The van der Waals surface area contributed by atoms with E-state index in [1.807, 2.05) is 25.3 Å². The summed E-state index contributed by atoms with van der Waals surface area (Å²) in [6.07, 6.45) is 2.76. The average Bonchev–Trinajstić information content (AvgIpc) is 2.70. The van der Waals surface area contributed by atoms with Gasteiger partial charge in [-0.15, -0.1) is 0 Å². The number of hydrogen-bond acceptors (Lipinski definition) is 5. The summed E-state index contributed by atoms with van der Waals surface area (Å²) >= 11 is 0. The molecule has 0 N–H and O–H groups in total. The molecule has 0 saturated carbocycles. The summed E-state index contributed by atoms with van der Waals surface area (Å²) in [5.74, 6) is 1.07. The molecule has 2 aromatic rings. The predicted octanol–water partition coefficient (Wildman–Crippen LogP) is 3.34. The van der Waals surface area contributed by atoms with E-state index >= 15 is 0 Å². The van der Waals surface area contributed by atoms with Crippen molar-refractivity contribution in [3.05, 3.63) is 59.8 Å². The van der Waals surface area contributed by atoms with Crippen molar-refractivity contribution < 1.29 is 4.84 Å².